The monoisotopic (exact) mass is 379 g/mol. The number of nitrogens with one attached hydrogen (secondary N) is 2. The van der Waals surface area contributed by atoms with Gasteiger partial charge in [0.25, 0.3) is 0 Å². The maximum Gasteiger partial charge on any atom is 0.249 e. The predicted octanol–water partition coefficient (Wildman–Crippen LogP) is 2.66. The van der Waals surface area contributed by atoms with Gasteiger partial charge in [-0.15, -0.1) is 12.4 Å². The van der Waals surface area contributed by atoms with Gasteiger partial charge in [0.15, 0.2) is 0 Å². The Kier molecular flexibility index (Phi) is 7.47. The Bertz CT molecular complexity index is 608. The van der Waals surface area contributed by atoms with E-state index in [-0.39, 0.29) is 30.1 Å². The summed E-state index contributed by atoms with van der Waals surface area (Å²) in [5.74, 6) is 0.217. The number of amides is 2. The number of nitrogens with zero attached hydrogens (tertiary/aromatic N) is 1. The van der Waals surface area contributed by atoms with Gasteiger partial charge in [-0.05, 0) is 30.7 Å². The highest BCUT2D eigenvalue weighted by Crippen LogP contribution is 2.23. The first-order chi connectivity index (χ1) is 12.0. The lowest BCUT2D eigenvalue weighted by molar-refractivity contribution is -0.137. The molecule has 144 valence electrons. The maximum absolute atomic E-state index is 13.2. The number of hydrogen-bond acceptors (Lipinski definition) is 3. The van der Waals surface area contributed by atoms with E-state index in [1.807, 2.05) is 49.1 Å². The molecule has 2 heterocycles. The molecule has 0 aliphatic carbocycles. The molecule has 0 radical (unpaired) electrons. The Morgan fingerprint density at radius 2 is 1.85 bits per heavy atom. The van der Waals surface area contributed by atoms with Crippen LogP contribution < -0.4 is 10.6 Å². The lowest BCUT2D eigenvalue weighted by atomic mass is 10.0. The SMILES string of the molecule is CC(C)CC(=O)NC(C(=O)N1CCC2CCC(C1)N2)c1ccccc1.Cl. The highest BCUT2D eigenvalue weighted by Gasteiger charge is 2.34. The van der Waals surface area contributed by atoms with E-state index < -0.39 is 6.04 Å². The summed E-state index contributed by atoms with van der Waals surface area (Å²) in [6.45, 7) is 5.52. The van der Waals surface area contributed by atoms with Crippen LogP contribution >= 0.6 is 12.4 Å². The van der Waals surface area contributed by atoms with Crippen LogP contribution in [0.4, 0.5) is 0 Å². The van der Waals surface area contributed by atoms with Crippen molar-refractivity contribution in [1.82, 2.24) is 15.5 Å². The molecule has 2 fully saturated rings. The normalized spacial score (nSPS) is 23.1. The summed E-state index contributed by atoms with van der Waals surface area (Å²) in [6.07, 6.45) is 3.76. The van der Waals surface area contributed by atoms with Gasteiger partial charge in [-0.3, -0.25) is 9.59 Å². The first-order valence-electron chi connectivity index (χ1n) is 9.42. The van der Waals surface area contributed by atoms with Crippen LogP contribution in [0, 0.1) is 5.92 Å². The zero-order chi connectivity index (χ0) is 17.8. The second kappa shape index (κ2) is 9.38. The summed E-state index contributed by atoms with van der Waals surface area (Å²) in [6, 6.07) is 9.92. The molecule has 3 rings (SSSR count). The molecule has 2 aliphatic heterocycles. The molecule has 1 aromatic carbocycles. The van der Waals surface area contributed by atoms with Crippen LogP contribution in [0.15, 0.2) is 30.3 Å². The number of likely N-dealkylation sites (tertiary alicyclic amines) is 1. The van der Waals surface area contributed by atoms with E-state index in [9.17, 15) is 9.59 Å². The largest absolute Gasteiger partial charge is 0.341 e. The van der Waals surface area contributed by atoms with Crippen molar-refractivity contribution in [3.8, 4) is 0 Å². The minimum Gasteiger partial charge on any atom is -0.341 e. The van der Waals surface area contributed by atoms with Crippen LogP contribution in [-0.2, 0) is 9.59 Å². The summed E-state index contributed by atoms with van der Waals surface area (Å²) >= 11 is 0. The van der Waals surface area contributed by atoms with Gasteiger partial charge >= 0.3 is 0 Å². The van der Waals surface area contributed by atoms with Gasteiger partial charge in [0.1, 0.15) is 6.04 Å². The van der Waals surface area contributed by atoms with Crippen molar-refractivity contribution >= 4 is 24.2 Å². The third-order valence-corrected chi connectivity index (χ3v) is 5.11. The minimum absolute atomic E-state index is 0. The van der Waals surface area contributed by atoms with Crippen LogP contribution in [0.5, 0.6) is 0 Å². The van der Waals surface area contributed by atoms with E-state index in [2.05, 4.69) is 10.6 Å². The second-order valence-corrected chi connectivity index (χ2v) is 7.72. The number of benzene rings is 1. The number of carbonyl (C=O) groups excluding carboxylic acids is 2. The first kappa shape index (κ1) is 20.7. The van der Waals surface area contributed by atoms with Gasteiger partial charge in [-0.25, -0.2) is 0 Å². The summed E-state index contributed by atoms with van der Waals surface area (Å²) < 4.78 is 0. The molecule has 2 saturated heterocycles. The molecule has 2 N–H and O–H groups in total. The van der Waals surface area contributed by atoms with Gasteiger partial charge in [-0.1, -0.05) is 44.2 Å². The third kappa shape index (κ3) is 5.21. The summed E-state index contributed by atoms with van der Waals surface area (Å²) in [5.41, 5.74) is 0.854. The van der Waals surface area contributed by atoms with Crippen LogP contribution in [0.25, 0.3) is 0 Å². The quantitative estimate of drug-likeness (QED) is 0.826. The highest BCUT2D eigenvalue weighted by atomic mass is 35.5. The molecule has 0 spiro atoms. The Labute approximate surface area is 162 Å². The fourth-order valence-electron chi connectivity index (χ4n) is 3.85. The third-order valence-electron chi connectivity index (χ3n) is 5.11. The van der Waals surface area contributed by atoms with E-state index in [1.165, 1.54) is 6.42 Å². The van der Waals surface area contributed by atoms with Gasteiger partial charge in [-0.2, -0.15) is 0 Å². The summed E-state index contributed by atoms with van der Waals surface area (Å²) in [5, 5.41) is 6.58. The van der Waals surface area contributed by atoms with Crippen molar-refractivity contribution in [2.45, 2.75) is 57.7 Å². The number of hydrogen-bond donors (Lipinski definition) is 2. The Morgan fingerprint density at radius 3 is 2.54 bits per heavy atom. The lowest BCUT2D eigenvalue weighted by Gasteiger charge is -2.29. The molecule has 3 unspecified atom stereocenters. The minimum atomic E-state index is -0.593. The van der Waals surface area contributed by atoms with E-state index in [4.69, 9.17) is 0 Å². The van der Waals surface area contributed by atoms with Crippen molar-refractivity contribution in [1.29, 1.82) is 0 Å². The van der Waals surface area contributed by atoms with Gasteiger partial charge in [0.2, 0.25) is 11.8 Å². The molecule has 6 heteroatoms. The molecule has 5 nitrogen and oxygen atoms in total. The summed E-state index contributed by atoms with van der Waals surface area (Å²) in [7, 11) is 0. The average molecular weight is 380 g/mol. The van der Waals surface area contributed by atoms with E-state index in [0.717, 1.165) is 31.5 Å². The fraction of sp³-hybridized carbons (Fsp3) is 0.600. The summed E-state index contributed by atoms with van der Waals surface area (Å²) in [4.78, 5) is 27.5. The molecule has 0 saturated carbocycles. The second-order valence-electron chi connectivity index (χ2n) is 7.72. The van der Waals surface area contributed by atoms with E-state index in [1.54, 1.807) is 0 Å². The van der Waals surface area contributed by atoms with Gasteiger partial charge in [0, 0.05) is 31.6 Å². The molecule has 0 aromatic heterocycles. The van der Waals surface area contributed by atoms with Crippen molar-refractivity contribution < 1.29 is 9.59 Å². The topological polar surface area (TPSA) is 61.4 Å². The Morgan fingerprint density at radius 1 is 1.15 bits per heavy atom. The molecule has 1 aromatic rings. The average Bonchev–Trinajstić information content (AvgIpc) is 2.91. The molecular formula is C20H30ClN3O2. The Balaban J connectivity index is 0.00000243. The number of rotatable bonds is 5. The maximum atomic E-state index is 13.2. The van der Waals surface area contributed by atoms with Crippen molar-refractivity contribution in [2.24, 2.45) is 5.92 Å². The standard InChI is InChI=1S/C20H29N3O2.ClH/c1-14(2)12-18(24)22-19(15-6-4-3-5-7-15)20(25)23-11-10-16-8-9-17(13-23)21-16;/h3-7,14,16-17,19,21H,8-13H2,1-2H3,(H,22,24);1H. The van der Waals surface area contributed by atoms with Crippen LogP contribution in [-0.4, -0.2) is 41.9 Å². The fourth-order valence-corrected chi connectivity index (χ4v) is 3.85. The molecule has 2 aliphatic rings. The zero-order valence-corrected chi connectivity index (χ0v) is 16.4. The number of fused-ring (bicyclic) bond motifs is 2. The predicted molar refractivity (Wildman–Crippen MR) is 105 cm³/mol. The van der Waals surface area contributed by atoms with Crippen LogP contribution in [0.1, 0.15) is 51.1 Å². The molecular weight excluding hydrogens is 350 g/mol. The van der Waals surface area contributed by atoms with Gasteiger partial charge in [0.05, 0.1) is 0 Å². The van der Waals surface area contributed by atoms with Crippen LogP contribution in [0.2, 0.25) is 0 Å². The van der Waals surface area contributed by atoms with Crippen molar-refractivity contribution in [3.63, 3.8) is 0 Å². The van der Waals surface area contributed by atoms with E-state index in [0.29, 0.717) is 18.5 Å². The zero-order valence-electron chi connectivity index (χ0n) is 15.6. The molecule has 2 amide bonds. The molecule has 3 atom stereocenters. The van der Waals surface area contributed by atoms with Gasteiger partial charge < -0.3 is 15.5 Å². The number of carbonyl (C=O) groups is 2. The molecule has 2 bridgehead atoms. The van der Waals surface area contributed by atoms with E-state index >= 15 is 0 Å². The molecule has 26 heavy (non-hydrogen) atoms. The van der Waals surface area contributed by atoms with Crippen LogP contribution in [0.3, 0.4) is 0 Å². The van der Waals surface area contributed by atoms with Crippen molar-refractivity contribution in [3.05, 3.63) is 35.9 Å². The number of halogens is 1. The van der Waals surface area contributed by atoms with Crippen molar-refractivity contribution in [2.75, 3.05) is 13.1 Å². The smallest absolute Gasteiger partial charge is 0.249 e. The highest BCUT2D eigenvalue weighted by molar-refractivity contribution is 5.88. The first-order valence-corrected chi connectivity index (χ1v) is 9.42. The Hall–Kier alpha value is -1.59. The lowest BCUT2D eigenvalue weighted by Crippen LogP contribution is -2.46.